The van der Waals surface area contributed by atoms with Gasteiger partial charge in [0.1, 0.15) is 41.3 Å². The van der Waals surface area contributed by atoms with Crippen LogP contribution in [0.5, 0.6) is 5.75 Å². The first-order valence-electron chi connectivity index (χ1n) is 8.64. The van der Waals surface area contributed by atoms with Gasteiger partial charge in [0.25, 0.3) is 0 Å². The van der Waals surface area contributed by atoms with Crippen molar-refractivity contribution in [2.75, 3.05) is 0 Å². The first kappa shape index (κ1) is 18.7. The van der Waals surface area contributed by atoms with E-state index in [1.807, 2.05) is 0 Å². The number of aromatic hydroxyl groups is 1. The van der Waals surface area contributed by atoms with Crippen LogP contribution < -0.4 is 0 Å². The molecule has 2 aromatic carbocycles. The lowest BCUT2D eigenvalue weighted by Crippen LogP contribution is -2.35. The van der Waals surface area contributed by atoms with E-state index in [2.05, 4.69) is 20.4 Å². The zero-order valence-electron chi connectivity index (χ0n) is 15.0. The van der Waals surface area contributed by atoms with Crippen molar-refractivity contribution in [2.24, 2.45) is 0 Å². The summed E-state index contributed by atoms with van der Waals surface area (Å²) in [5.41, 5.74) is -1.17. The third-order valence-electron chi connectivity index (χ3n) is 4.47. The van der Waals surface area contributed by atoms with E-state index in [-0.39, 0.29) is 24.3 Å². The van der Waals surface area contributed by atoms with Gasteiger partial charge in [-0.3, -0.25) is 0 Å². The predicted octanol–water partition coefficient (Wildman–Crippen LogP) is 1.97. The SMILES string of the molecule is Oc1ccccc1-n1cc(CC(O)(Cn2cncn2)c2ccc(F)cc2F)nn1. The fourth-order valence-electron chi connectivity index (χ4n) is 3.14. The summed E-state index contributed by atoms with van der Waals surface area (Å²) in [4.78, 5) is 3.82. The first-order chi connectivity index (χ1) is 13.9. The van der Waals surface area contributed by atoms with Gasteiger partial charge >= 0.3 is 0 Å². The maximum absolute atomic E-state index is 14.5. The highest BCUT2D eigenvalue weighted by Crippen LogP contribution is 2.30. The molecule has 2 N–H and O–H groups in total. The molecular formula is C19H16F2N6O2. The quantitative estimate of drug-likeness (QED) is 0.515. The average Bonchev–Trinajstić information content (AvgIpc) is 3.34. The fourth-order valence-corrected chi connectivity index (χ4v) is 3.14. The molecule has 2 aromatic heterocycles. The summed E-state index contributed by atoms with van der Waals surface area (Å²) in [6.07, 6.45) is 4.05. The van der Waals surface area contributed by atoms with Gasteiger partial charge in [-0.2, -0.15) is 5.10 Å². The van der Waals surface area contributed by atoms with E-state index in [0.717, 1.165) is 6.07 Å². The number of benzene rings is 2. The van der Waals surface area contributed by atoms with Crippen LogP contribution in [0.2, 0.25) is 0 Å². The zero-order chi connectivity index (χ0) is 20.4. The van der Waals surface area contributed by atoms with Crippen LogP contribution in [-0.4, -0.2) is 40.0 Å². The maximum atomic E-state index is 14.5. The lowest BCUT2D eigenvalue weighted by Gasteiger charge is -2.28. The molecule has 0 aliphatic heterocycles. The van der Waals surface area contributed by atoms with Gasteiger partial charge in [0, 0.05) is 18.1 Å². The summed E-state index contributed by atoms with van der Waals surface area (Å²) in [5, 5.41) is 33.3. The topological polar surface area (TPSA) is 102 Å². The second-order valence-electron chi connectivity index (χ2n) is 6.57. The van der Waals surface area contributed by atoms with Crippen LogP contribution >= 0.6 is 0 Å². The Bertz CT molecular complexity index is 1130. The second kappa shape index (κ2) is 7.40. The molecule has 0 spiro atoms. The number of halogens is 2. The first-order valence-corrected chi connectivity index (χ1v) is 8.64. The van der Waals surface area contributed by atoms with Gasteiger partial charge in [0.2, 0.25) is 0 Å². The Kier molecular flexibility index (Phi) is 4.77. The van der Waals surface area contributed by atoms with Crippen LogP contribution in [0.25, 0.3) is 5.69 Å². The summed E-state index contributed by atoms with van der Waals surface area (Å²) < 4.78 is 30.5. The Morgan fingerprint density at radius 2 is 1.93 bits per heavy atom. The molecule has 1 unspecified atom stereocenters. The predicted molar refractivity (Wildman–Crippen MR) is 97.0 cm³/mol. The van der Waals surface area contributed by atoms with E-state index in [1.165, 1.54) is 40.3 Å². The van der Waals surface area contributed by atoms with Crippen molar-refractivity contribution in [3.05, 3.63) is 84.2 Å². The number of nitrogens with zero attached hydrogens (tertiary/aromatic N) is 6. The summed E-state index contributed by atoms with van der Waals surface area (Å²) >= 11 is 0. The summed E-state index contributed by atoms with van der Waals surface area (Å²) in [6.45, 7) is -0.140. The van der Waals surface area contributed by atoms with Gasteiger partial charge in [0.15, 0.2) is 0 Å². The Hall–Kier alpha value is -3.66. The molecule has 4 rings (SSSR count). The van der Waals surface area contributed by atoms with Crippen LogP contribution in [0.1, 0.15) is 11.3 Å². The standard InChI is InChI=1S/C19H16F2N6O2/c20-13-5-6-15(16(21)7-13)19(29,10-26-12-22-11-23-26)8-14-9-27(25-24-14)17-3-1-2-4-18(17)28/h1-7,9,11-12,28-29H,8,10H2. The molecule has 8 nitrogen and oxygen atoms in total. The Morgan fingerprint density at radius 3 is 2.66 bits per heavy atom. The van der Waals surface area contributed by atoms with Crippen LogP contribution in [0.4, 0.5) is 8.78 Å². The third-order valence-corrected chi connectivity index (χ3v) is 4.47. The van der Waals surface area contributed by atoms with E-state index in [9.17, 15) is 19.0 Å². The van der Waals surface area contributed by atoms with Gasteiger partial charge in [-0.05, 0) is 18.2 Å². The molecule has 0 saturated heterocycles. The highest BCUT2D eigenvalue weighted by Gasteiger charge is 2.35. The number of phenols is 1. The van der Waals surface area contributed by atoms with Crippen LogP contribution in [0.3, 0.4) is 0 Å². The van der Waals surface area contributed by atoms with Gasteiger partial charge in [-0.1, -0.05) is 23.4 Å². The largest absolute Gasteiger partial charge is 0.506 e. The molecule has 0 aliphatic rings. The minimum atomic E-state index is -1.80. The third kappa shape index (κ3) is 3.83. The molecule has 0 radical (unpaired) electrons. The van der Waals surface area contributed by atoms with Crippen molar-refractivity contribution in [3.8, 4) is 11.4 Å². The van der Waals surface area contributed by atoms with Crippen molar-refractivity contribution in [2.45, 2.75) is 18.6 Å². The van der Waals surface area contributed by atoms with Crippen molar-refractivity contribution >= 4 is 0 Å². The maximum Gasteiger partial charge on any atom is 0.141 e. The molecule has 0 amide bonds. The number of rotatable bonds is 6. The highest BCUT2D eigenvalue weighted by atomic mass is 19.1. The number of phenolic OH excluding ortho intramolecular Hbond substituents is 1. The summed E-state index contributed by atoms with van der Waals surface area (Å²) in [6, 6.07) is 9.52. The van der Waals surface area contributed by atoms with Crippen LogP contribution in [-0.2, 0) is 18.6 Å². The van der Waals surface area contributed by atoms with Gasteiger partial charge in [-0.25, -0.2) is 23.1 Å². The van der Waals surface area contributed by atoms with Crippen molar-refractivity contribution < 1.29 is 19.0 Å². The average molecular weight is 398 g/mol. The normalized spacial score (nSPS) is 13.3. The Morgan fingerprint density at radius 1 is 1.10 bits per heavy atom. The van der Waals surface area contributed by atoms with E-state index < -0.39 is 17.2 Å². The van der Waals surface area contributed by atoms with Crippen LogP contribution in [0, 0.1) is 11.6 Å². The number of hydrogen-bond acceptors (Lipinski definition) is 6. The van der Waals surface area contributed by atoms with Crippen molar-refractivity contribution in [1.82, 2.24) is 29.8 Å². The molecule has 4 aromatic rings. The smallest absolute Gasteiger partial charge is 0.141 e. The molecule has 10 heteroatoms. The number of aliphatic hydroxyl groups is 1. The highest BCUT2D eigenvalue weighted by molar-refractivity contribution is 5.44. The number of aromatic nitrogens is 6. The monoisotopic (exact) mass is 398 g/mol. The minimum absolute atomic E-state index is 0.00593. The Balaban J connectivity index is 1.70. The second-order valence-corrected chi connectivity index (χ2v) is 6.57. The lowest BCUT2D eigenvalue weighted by atomic mass is 9.88. The number of hydrogen-bond donors (Lipinski definition) is 2. The van der Waals surface area contributed by atoms with E-state index >= 15 is 0 Å². The molecular weight excluding hydrogens is 382 g/mol. The van der Waals surface area contributed by atoms with Crippen LogP contribution in [0.15, 0.2) is 61.3 Å². The molecule has 29 heavy (non-hydrogen) atoms. The van der Waals surface area contributed by atoms with E-state index in [0.29, 0.717) is 17.4 Å². The molecule has 0 fully saturated rings. The zero-order valence-corrected chi connectivity index (χ0v) is 15.0. The lowest BCUT2D eigenvalue weighted by molar-refractivity contribution is 0.0107. The minimum Gasteiger partial charge on any atom is -0.506 e. The van der Waals surface area contributed by atoms with Crippen molar-refractivity contribution in [1.29, 1.82) is 0 Å². The molecule has 2 heterocycles. The fraction of sp³-hybridized carbons (Fsp3) is 0.158. The Labute approximate surface area is 163 Å². The summed E-state index contributed by atoms with van der Waals surface area (Å²) in [5.74, 6) is -1.63. The molecule has 0 aliphatic carbocycles. The molecule has 0 saturated carbocycles. The molecule has 0 bridgehead atoms. The number of para-hydroxylation sites is 2. The summed E-state index contributed by atoms with van der Waals surface area (Å²) in [7, 11) is 0. The molecule has 148 valence electrons. The molecule has 1 atom stereocenters. The van der Waals surface area contributed by atoms with E-state index in [4.69, 9.17) is 0 Å². The van der Waals surface area contributed by atoms with E-state index in [1.54, 1.807) is 18.2 Å². The van der Waals surface area contributed by atoms with Gasteiger partial charge < -0.3 is 10.2 Å². The van der Waals surface area contributed by atoms with Gasteiger partial charge in [0.05, 0.1) is 18.4 Å². The van der Waals surface area contributed by atoms with Gasteiger partial charge in [-0.15, -0.1) is 5.10 Å². The van der Waals surface area contributed by atoms with Crippen molar-refractivity contribution in [3.63, 3.8) is 0 Å².